The van der Waals surface area contributed by atoms with Crippen LogP contribution in [0.25, 0.3) is 0 Å². The molecule has 2 aromatic rings. The van der Waals surface area contributed by atoms with Crippen LogP contribution in [0, 0.1) is 0 Å². The number of carbonyl (C=O) groups excluding carboxylic acids is 3. The highest BCUT2D eigenvalue weighted by Crippen LogP contribution is 2.17. The highest BCUT2D eigenvalue weighted by Gasteiger charge is 2.16. The van der Waals surface area contributed by atoms with E-state index in [0.29, 0.717) is 18.0 Å². The number of hydrogen-bond donors (Lipinski definition) is 3. The summed E-state index contributed by atoms with van der Waals surface area (Å²) in [5.74, 6) is 0.620. The van der Waals surface area contributed by atoms with Crippen LogP contribution in [0.3, 0.4) is 0 Å². The number of amides is 3. The van der Waals surface area contributed by atoms with E-state index in [9.17, 15) is 14.4 Å². The third-order valence-electron chi connectivity index (χ3n) is 4.00. The number of benzene rings is 2. The quantitative estimate of drug-likeness (QED) is 0.505. The monoisotopic (exact) mass is 457 g/mol. The standard InChI is InChI=1S/C24H31N3O6/c1-5-31-19-9-11-20(12-10-19)32-16-22(29)27-18-8-6-7-17(13-18)14-25-21(28)15-26-23(30)33-24(2,3)4/h6-13H,5,14-16H2,1-4H3,(H,25,28)(H,26,30)(H,27,29). The maximum absolute atomic E-state index is 12.2. The molecule has 3 amide bonds. The van der Waals surface area contributed by atoms with Gasteiger partial charge in [0.25, 0.3) is 5.91 Å². The van der Waals surface area contributed by atoms with Crippen LogP contribution < -0.4 is 25.4 Å². The summed E-state index contributed by atoms with van der Waals surface area (Å²) in [5, 5.41) is 7.86. The van der Waals surface area contributed by atoms with Crippen LogP contribution >= 0.6 is 0 Å². The van der Waals surface area contributed by atoms with Gasteiger partial charge in [-0.3, -0.25) is 9.59 Å². The number of rotatable bonds is 10. The Morgan fingerprint density at radius 1 is 0.879 bits per heavy atom. The van der Waals surface area contributed by atoms with Crippen molar-refractivity contribution in [1.29, 1.82) is 0 Å². The molecule has 0 fully saturated rings. The minimum absolute atomic E-state index is 0.148. The Morgan fingerprint density at radius 2 is 1.55 bits per heavy atom. The second-order valence-electron chi connectivity index (χ2n) is 8.07. The van der Waals surface area contributed by atoms with Crippen LogP contribution in [-0.2, 0) is 20.9 Å². The Hall–Kier alpha value is -3.75. The maximum atomic E-state index is 12.2. The van der Waals surface area contributed by atoms with Crippen LogP contribution in [0.1, 0.15) is 33.3 Å². The molecule has 0 heterocycles. The number of ether oxygens (including phenoxy) is 3. The number of hydrogen-bond acceptors (Lipinski definition) is 6. The van der Waals surface area contributed by atoms with Gasteiger partial charge in [-0.25, -0.2) is 4.79 Å². The molecule has 9 heteroatoms. The molecular formula is C24H31N3O6. The van der Waals surface area contributed by atoms with E-state index in [4.69, 9.17) is 14.2 Å². The first kappa shape index (κ1) is 25.5. The van der Waals surface area contributed by atoms with Gasteiger partial charge in [0.2, 0.25) is 5.91 Å². The molecule has 0 radical (unpaired) electrons. The molecule has 9 nitrogen and oxygen atoms in total. The van der Waals surface area contributed by atoms with Gasteiger partial charge in [0.05, 0.1) is 6.61 Å². The number of carbonyl (C=O) groups is 3. The molecule has 33 heavy (non-hydrogen) atoms. The fourth-order valence-electron chi connectivity index (χ4n) is 2.63. The maximum Gasteiger partial charge on any atom is 0.408 e. The smallest absolute Gasteiger partial charge is 0.408 e. The lowest BCUT2D eigenvalue weighted by molar-refractivity contribution is -0.120. The molecule has 0 saturated heterocycles. The van der Waals surface area contributed by atoms with E-state index in [2.05, 4.69) is 16.0 Å². The Kier molecular flexibility index (Phi) is 9.53. The summed E-state index contributed by atoms with van der Waals surface area (Å²) in [7, 11) is 0. The molecule has 0 spiro atoms. The zero-order valence-corrected chi connectivity index (χ0v) is 19.4. The Labute approximate surface area is 193 Å². The van der Waals surface area contributed by atoms with Gasteiger partial charge in [0.1, 0.15) is 23.6 Å². The van der Waals surface area contributed by atoms with Crippen molar-refractivity contribution in [2.45, 2.75) is 39.8 Å². The van der Waals surface area contributed by atoms with Crippen LogP contribution in [-0.4, -0.2) is 43.3 Å². The third-order valence-corrected chi connectivity index (χ3v) is 4.00. The molecule has 0 saturated carbocycles. The SMILES string of the molecule is CCOc1ccc(OCC(=O)Nc2cccc(CNC(=O)CNC(=O)OC(C)(C)C)c2)cc1. The Bertz CT molecular complexity index is 938. The van der Waals surface area contributed by atoms with E-state index in [-0.39, 0.29) is 31.5 Å². The van der Waals surface area contributed by atoms with Crippen molar-refractivity contribution in [3.8, 4) is 11.5 Å². The van der Waals surface area contributed by atoms with E-state index < -0.39 is 11.7 Å². The minimum Gasteiger partial charge on any atom is -0.494 e. The molecule has 2 rings (SSSR count). The van der Waals surface area contributed by atoms with Gasteiger partial charge in [-0.05, 0) is 69.7 Å². The molecule has 0 bridgehead atoms. The van der Waals surface area contributed by atoms with Crippen LogP contribution in [0.15, 0.2) is 48.5 Å². The van der Waals surface area contributed by atoms with Crippen LogP contribution in [0.4, 0.5) is 10.5 Å². The minimum atomic E-state index is -0.658. The average molecular weight is 458 g/mol. The van der Waals surface area contributed by atoms with Crippen molar-refractivity contribution in [2.75, 3.05) is 25.1 Å². The predicted octanol–water partition coefficient (Wildman–Crippen LogP) is 3.24. The molecule has 0 aromatic heterocycles. The zero-order valence-electron chi connectivity index (χ0n) is 19.4. The summed E-state index contributed by atoms with van der Waals surface area (Å²) < 4.78 is 15.9. The number of nitrogens with one attached hydrogen (secondary N) is 3. The molecule has 0 atom stereocenters. The number of alkyl carbamates (subject to hydrolysis) is 1. The van der Waals surface area contributed by atoms with Crippen molar-refractivity contribution in [2.24, 2.45) is 0 Å². The second kappa shape index (κ2) is 12.3. The first-order valence-corrected chi connectivity index (χ1v) is 10.6. The van der Waals surface area contributed by atoms with Gasteiger partial charge in [-0.15, -0.1) is 0 Å². The summed E-state index contributed by atoms with van der Waals surface area (Å²) in [6.07, 6.45) is -0.658. The summed E-state index contributed by atoms with van der Waals surface area (Å²) in [4.78, 5) is 35.7. The van der Waals surface area contributed by atoms with Gasteiger partial charge < -0.3 is 30.2 Å². The fraction of sp³-hybridized carbons (Fsp3) is 0.375. The van der Waals surface area contributed by atoms with Gasteiger partial charge in [-0.1, -0.05) is 12.1 Å². The lowest BCUT2D eigenvalue weighted by Crippen LogP contribution is -2.39. The molecule has 0 aliphatic heterocycles. The lowest BCUT2D eigenvalue weighted by atomic mass is 10.2. The summed E-state index contributed by atoms with van der Waals surface area (Å²) in [5.41, 5.74) is 0.727. The molecular weight excluding hydrogens is 426 g/mol. The highest BCUT2D eigenvalue weighted by molar-refractivity contribution is 5.92. The third kappa shape index (κ3) is 10.4. The lowest BCUT2D eigenvalue weighted by Gasteiger charge is -2.19. The Balaban J connectivity index is 1.75. The van der Waals surface area contributed by atoms with Crippen molar-refractivity contribution in [3.05, 3.63) is 54.1 Å². The van der Waals surface area contributed by atoms with Crippen LogP contribution in [0.2, 0.25) is 0 Å². The van der Waals surface area contributed by atoms with Crippen molar-refractivity contribution in [3.63, 3.8) is 0 Å². The summed E-state index contributed by atoms with van der Waals surface area (Å²) in [6, 6.07) is 14.1. The fourth-order valence-corrected chi connectivity index (χ4v) is 2.63. The summed E-state index contributed by atoms with van der Waals surface area (Å²) in [6.45, 7) is 7.59. The van der Waals surface area contributed by atoms with Crippen molar-refractivity contribution in [1.82, 2.24) is 10.6 Å². The van der Waals surface area contributed by atoms with E-state index >= 15 is 0 Å². The highest BCUT2D eigenvalue weighted by atomic mass is 16.6. The van der Waals surface area contributed by atoms with Crippen molar-refractivity contribution < 1.29 is 28.6 Å². The first-order chi connectivity index (χ1) is 15.6. The molecule has 0 aliphatic rings. The zero-order chi connectivity index (χ0) is 24.3. The van der Waals surface area contributed by atoms with E-state index in [1.807, 2.05) is 13.0 Å². The normalized spacial score (nSPS) is 10.7. The van der Waals surface area contributed by atoms with Gasteiger partial charge in [0.15, 0.2) is 6.61 Å². The molecule has 178 valence electrons. The van der Waals surface area contributed by atoms with Crippen molar-refractivity contribution >= 4 is 23.6 Å². The van der Waals surface area contributed by atoms with E-state index in [1.165, 1.54) is 0 Å². The molecule has 0 unspecified atom stereocenters. The average Bonchev–Trinajstić information content (AvgIpc) is 2.75. The van der Waals surface area contributed by atoms with E-state index in [0.717, 1.165) is 11.3 Å². The van der Waals surface area contributed by atoms with Gasteiger partial charge in [-0.2, -0.15) is 0 Å². The largest absolute Gasteiger partial charge is 0.494 e. The molecule has 2 aromatic carbocycles. The topological polar surface area (TPSA) is 115 Å². The van der Waals surface area contributed by atoms with Gasteiger partial charge in [0, 0.05) is 12.2 Å². The Morgan fingerprint density at radius 3 is 2.18 bits per heavy atom. The summed E-state index contributed by atoms with van der Waals surface area (Å²) >= 11 is 0. The molecule has 3 N–H and O–H groups in total. The molecule has 0 aliphatic carbocycles. The first-order valence-electron chi connectivity index (χ1n) is 10.6. The van der Waals surface area contributed by atoms with E-state index in [1.54, 1.807) is 63.2 Å². The predicted molar refractivity (Wildman–Crippen MR) is 124 cm³/mol. The van der Waals surface area contributed by atoms with Crippen LogP contribution in [0.5, 0.6) is 11.5 Å². The second-order valence-corrected chi connectivity index (χ2v) is 8.07. The number of anilines is 1. The van der Waals surface area contributed by atoms with Gasteiger partial charge >= 0.3 is 6.09 Å².